The minimum atomic E-state index is -0.470. The summed E-state index contributed by atoms with van der Waals surface area (Å²) in [6, 6.07) is 23.3. The molecule has 3 aromatic carbocycles. The number of amides is 1. The Labute approximate surface area is 199 Å². The molecule has 0 unspecified atom stereocenters. The Bertz CT molecular complexity index is 1320. The van der Waals surface area contributed by atoms with Crippen LogP contribution in [0.4, 0.5) is 0 Å². The average Bonchev–Trinajstić information content (AvgIpc) is 3.29. The monoisotopic (exact) mass is 455 g/mol. The highest BCUT2D eigenvalue weighted by molar-refractivity contribution is 5.95. The van der Waals surface area contributed by atoms with Crippen molar-refractivity contribution in [3.05, 3.63) is 84.1 Å². The van der Waals surface area contributed by atoms with Crippen molar-refractivity contribution < 1.29 is 14.3 Å². The lowest BCUT2D eigenvalue weighted by atomic mass is 10.0. The lowest BCUT2D eigenvalue weighted by Crippen LogP contribution is -2.36. The van der Waals surface area contributed by atoms with E-state index in [1.807, 2.05) is 37.3 Å². The summed E-state index contributed by atoms with van der Waals surface area (Å²) in [5.41, 5.74) is 3.24. The van der Waals surface area contributed by atoms with Gasteiger partial charge in [0, 0.05) is 17.2 Å². The van der Waals surface area contributed by atoms with Gasteiger partial charge in [-0.2, -0.15) is 5.10 Å². The molecule has 0 spiro atoms. The maximum Gasteiger partial charge on any atom is 0.358 e. The van der Waals surface area contributed by atoms with Crippen molar-refractivity contribution in [3.63, 3.8) is 0 Å². The van der Waals surface area contributed by atoms with Gasteiger partial charge in [-0.1, -0.05) is 50.2 Å². The van der Waals surface area contributed by atoms with Gasteiger partial charge in [-0.15, -0.1) is 0 Å². The molecule has 1 amide bonds. The minimum Gasteiger partial charge on any atom is -0.461 e. The highest BCUT2D eigenvalue weighted by Gasteiger charge is 2.19. The van der Waals surface area contributed by atoms with Crippen LogP contribution < -0.4 is 5.32 Å². The Kier molecular flexibility index (Phi) is 6.77. The molecular formula is C28H29N3O3. The number of aromatic nitrogens is 2. The molecule has 34 heavy (non-hydrogen) atoms. The molecule has 6 nitrogen and oxygen atoms in total. The Balaban J connectivity index is 1.73. The van der Waals surface area contributed by atoms with Gasteiger partial charge < -0.3 is 10.1 Å². The van der Waals surface area contributed by atoms with Crippen LogP contribution >= 0.6 is 0 Å². The minimum absolute atomic E-state index is 0.0740. The molecule has 0 aliphatic carbocycles. The van der Waals surface area contributed by atoms with Gasteiger partial charge in [0.15, 0.2) is 5.69 Å². The van der Waals surface area contributed by atoms with E-state index in [0.29, 0.717) is 11.5 Å². The van der Waals surface area contributed by atoms with Crippen molar-refractivity contribution in [1.82, 2.24) is 15.1 Å². The summed E-state index contributed by atoms with van der Waals surface area (Å²) >= 11 is 0. The first-order valence-electron chi connectivity index (χ1n) is 11.5. The number of nitrogens with zero attached hydrogens (tertiary/aromatic N) is 2. The molecule has 1 heterocycles. The second-order valence-electron chi connectivity index (χ2n) is 8.66. The number of benzene rings is 3. The second kappa shape index (κ2) is 9.91. The average molecular weight is 456 g/mol. The highest BCUT2D eigenvalue weighted by atomic mass is 16.5. The van der Waals surface area contributed by atoms with Gasteiger partial charge in [-0.3, -0.25) is 4.79 Å². The summed E-state index contributed by atoms with van der Waals surface area (Å²) < 4.78 is 6.89. The molecule has 0 aliphatic heterocycles. The van der Waals surface area contributed by atoms with Crippen molar-refractivity contribution in [2.75, 3.05) is 6.61 Å². The molecule has 0 bridgehead atoms. The predicted molar refractivity (Wildman–Crippen MR) is 134 cm³/mol. The standard InChI is InChI=1S/C28H29N3O3/c1-5-34-28(33)25-17-26(23-11-10-20-8-6-7-9-22(20)16-23)31(30-25)24-14-12-21(13-15-24)27(32)29-19(4)18(2)3/h6-19H,5H2,1-4H3,(H,29,32)/t19-/m1/s1. The molecule has 1 atom stereocenters. The Morgan fingerprint density at radius 2 is 1.65 bits per heavy atom. The fourth-order valence-corrected chi connectivity index (χ4v) is 3.65. The van der Waals surface area contributed by atoms with Gasteiger partial charge in [0.1, 0.15) is 0 Å². The van der Waals surface area contributed by atoms with Crippen LogP contribution in [-0.4, -0.2) is 34.3 Å². The molecule has 4 rings (SSSR count). The largest absolute Gasteiger partial charge is 0.461 e. The molecule has 0 radical (unpaired) electrons. The number of hydrogen-bond acceptors (Lipinski definition) is 4. The van der Waals surface area contributed by atoms with Crippen LogP contribution in [0.15, 0.2) is 72.8 Å². The first-order valence-corrected chi connectivity index (χ1v) is 11.5. The maximum absolute atomic E-state index is 12.6. The summed E-state index contributed by atoms with van der Waals surface area (Å²) in [6.45, 7) is 8.18. The SMILES string of the molecule is CCOC(=O)c1cc(-c2ccc3ccccc3c2)n(-c2ccc(C(=O)N[C@H](C)C(C)C)cc2)n1. The van der Waals surface area contributed by atoms with Gasteiger partial charge in [-0.25, -0.2) is 9.48 Å². The van der Waals surface area contributed by atoms with Gasteiger partial charge in [0.05, 0.1) is 18.0 Å². The molecule has 174 valence electrons. The van der Waals surface area contributed by atoms with Crippen LogP contribution in [0, 0.1) is 5.92 Å². The van der Waals surface area contributed by atoms with Crippen molar-refractivity contribution >= 4 is 22.6 Å². The van der Waals surface area contributed by atoms with Crippen molar-refractivity contribution in [2.45, 2.75) is 33.7 Å². The van der Waals surface area contributed by atoms with Crippen LogP contribution in [0.5, 0.6) is 0 Å². The zero-order chi connectivity index (χ0) is 24.2. The molecule has 6 heteroatoms. The van der Waals surface area contributed by atoms with Gasteiger partial charge in [-0.05, 0) is 66.9 Å². The lowest BCUT2D eigenvalue weighted by Gasteiger charge is -2.17. The molecule has 1 N–H and O–H groups in total. The summed E-state index contributed by atoms with van der Waals surface area (Å²) in [5, 5.41) is 9.79. The summed E-state index contributed by atoms with van der Waals surface area (Å²) in [6.07, 6.45) is 0. The van der Waals surface area contributed by atoms with E-state index in [1.54, 1.807) is 29.8 Å². The fourth-order valence-electron chi connectivity index (χ4n) is 3.65. The lowest BCUT2D eigenvalue weighted by molar-refractivity contribution is 0.0518. The Hall–Kier alpha value is -3.93. The molecule has 0 fully saturated rings. The van der Waals surface area contributed by atoms with E-state index in [0.717, 1.165) is 27.7 Å². The molecule has 0 aliphatic rings. The summed E-state index contributed by atoms with van der Waals surface area (Å²) in [7, 11) is 0. The molecular weight excluding hydrogens is 426 g/mol. The number of nitrogens with one attached hydrogen (secondary N) is 1. The summed E-state index contributed by atoms with van der Waals surface area (Å²) in [4.78, 5) is 25.0. The number of ether oxygens (including phenoxy) is 1. The third kappa shape index (κ3) is 4.86. The zero-order valence-electron chi connectivity index (χ0n) is 19.9. The van der Waals surface area contributed by atoms with Crippen LogP contribution in [-0.2, 0) is 4.74 Å². The normalized spacial score (nSPS) is 12.0. The third-order valence-electron chi connectivity index (χ3n) is 5.97. The number of fused-ring (bicyclic) bond motifs is 1. The van der Waals surface area contributed by atoms with E-state index < -0.39 is 5.97 Å². The second-order valence-corrected chi connectivity index (χ2v) is 8.66. The number of hydrogen-bond donors (Lipinski definition) is 1. The van der Waals surface area contributed by atoms with Gasteiger partial charge in [0.25, 0.3) is 5.91 Å². The van der Waals surface area contributed by atoms with E-state index in [2.05, 4.69) is 48.5 Å². The zero-order valence-corrected chi connectivity index (χ0v) is 19.9. The van der Waals surface area contributed by atoms with Crippen molar-refractivity contribution in [1.29, 1.82) is 0 Å². The van der Waals surface area contributed by atoms with Crippen molar-refractivity contribution in [2.24, 2.45) is 5.92 Å². The van der Waals surface area contributed by atoms with Crippen molar-refractivity contribution in [3.8, 4) is 16.9 Å². The highest BCUT2D eigenvalue weighted by Crippen LogP contribution is 2.28. The molecule has 0 saturated heterocycles. The Morgan fingerprint density at radius 3 is 2.32 bits per heavy atom. The smallest absolute Gasteiger partial charge is 0.358 e. The topological polar surface area (TPSA) is 73.2 Å². The van der Waals surface area contributed by atoms with E-state index in [9.17, 15) is 9.59 Å². The van der Waals surface area contributed by atoms with Crippen LogP contribution in [0.25, 0.3) is 27.7 Å². The summed E-state index contributed by atoms with van der Waals surface area (Å²) in [5.74, 6) is -0.241. The third-order valence-corrected chi connectivity index (χ3v) is 5.97. The van der Waals surface area contributed by atoms with Gasteiger partial charge in [0.2, 0.25) is 0 Å². The number of rotatable bonds is 7. The number of carbonyl (C=O) groups is 2. The van der Waals surface area contributed by atoms with Crippen LogP contribution in [0.3, 0.4) is 0 Å². The molecule has 0 saturated carbocycles. The first kappa shape index (κ1) is 23.2. The van der Waals surface area contributed by atoms with E-state index in [-0.39, 0.29) is 24.2 Å². The first-order chi connectivity index (χ1) is 16.4. The Morgan fingerprint density at radius 1 is 0.941 bits per heavy atom. The maximum atomic E-state index is 12.6. The molecule has 4 aromatic rings. The van der Waals surface area contributed by atoms with E-state index in [1.165, 1.54) is 0 Å². The predicted octanol–water partition coefficient (Wildman–Crippen LogP) is 5.64. The van der Waals surface area contributed by atoms with E-state index >= 15 is 0 Å². The van der Waals surface area contributed by atoms with Crippen LogP contribution in [0.2, 0.25) is 0 Å². The van der Waals surface area contributed by atoms with Gasteiger partial charge >= 0.3 is 5.97 Å². The van der Waals surface area contributed by atoms with E-state index in [4.69, 9.17) is 4.74 Å². The number of carbonyl (C=O) groups excluding carboxylic acids is 2. The number of esters is 1. The fraction of sp³-hybridized carbons (Fsp3) is 0.250. The molecule has 1 aromatic heterocycles. The quantitative estimate of drug-likeness (QED) is 0.366. The van der Waals surface area contributed by atoms with Crippen LogP contribution in [0.1, 0.15) is 48.5 Å².